The normalized spacial score (nSPS) is 15.3. The van der Waals surface area contributed by atoms with E-state index < -0.39 is 0 Å². The minimum atomic E-state index is 0.0810. The number of aryl methyl sites for hydroxylation is 2. The topological polar surface area (TPSA) is 29.1 Å². The summed E-state index contributed by atoms with van der Waals surface area (Å²) < 4.78 is 0. The molecule has 1 amide bonds. The molecule has 1 aromatic heterocycles. The molecule has 0 unspecified atom stereocenters. The van der Waals surface area contributed by atoms with Crippen LogP contribution in [-0.4, -0.2) is 17.8 Å². The molecule has 0 aromatic carbocycles. The Kier molecular flexibility index (Phi) is 4.41. The fourth-order valence-electron chi connectivity index (χ4n) is 2.03. The van der Waals surface area contributed by atoms with Crippen LogP contribution in [0.25, 0.3) is 0 Å². The minimum absolute atomic E-state index is 0.0810. The second-order valence-corrected chi connectivity index (χ2v) is 5.99. The third-order valence-electron chi connectivity index (χ3n) is 2.85. The standard InChI is InChI=1S/C12H16BrNOS/c13-6-7-14-12(15)11-8-9-4-2-1-3-5-10(9)16-11/h8H,1-7H2,(H,14,15). The first-order valence-corrected chi connectivity index (χ1v) is 7.71. The van der Waals surface area contributed by atoms with Crippen LogP contribution >= 0.6 is 27.3 Å². The highest BCUT2D eigenvalue weighted by atomic mass is 79.9. The summed E-state index contributed by atoms with van der Waals surface area (Å²) in [5.74, 6) is 0.0810. The molecule has 0 atom stereocenters. The molecule has 0 bridgehead atoms. The smallest absolute Gasteiger partial charge is 0.261 e. The molecule has 0 saturated heterocycles. The van der Waals surface area contributed by atoms with Crippen molar-refractivity contribution in [3.05, 3.63) is 21.4 Å². The van der Waals surface area contributed by atoms with Crippen LogP contribution in [0, 0.1) is 0 Å². The summed E-state index contributed by atoms with van der Waals surface area (Å²) in [5, 5.41) is 3.71. The highest BCUT2D eigenvalue weighted by Gasteiger charge is 2.15. The van der Waals surface area contributed by atoms with E-state index in [0.29, 0.717) is 6.54 Å². The summed E-state index contributed by atoms with van der Waals surface area (Å²) in [6.07, 6.45) is 6.18. The van der Waals surface area contributed by atoms with E-state index in [1.165, 1.54) is 29.7 Å². The van der Waals surface area contributed by atoms with Crippen molar-refractivity contribution in [2.24, 2.45) is 0 Å². The number of rotatable bonds is 3. The van der Waals surface area contributed by atoms with Crippen molar-refractivity contribution in [3.63, 3.8) is 0 Å². The summed E-state index contributed by atoms with van der Waals surface area (Å²) in [6.45, 7) is 0.696. The molecule has 1 aliphatic rings. The van der Waals surface area contributed by atoms with Crippen LogP contribution in [-0.2, 0) is 12.8 Å². The van der Waals surface area contributed by atoms with Gasteiger partial charge < -0.3 is 5.32 Å². The number of alkyl halides is 1. The molecule has 1 N–H and O–H groups in total. The number of carbonyl (C=O) groups excluding carboxylic acids is 1. The Hall–Kier alpha value is -0.350. The van der Waals surface area contributed by atoms with Crippen molar-refractivity contribution >= 4 is 33.2 Å². The lowest BCUT2D eigenvalue weighted by Crippen LogP contribution is -2.24. The Labute approximate surface area is 109 Å². The maximum Gasteiger partial charge on any atom is 0.261 e. The number of carbonyl (C=O) groups is 1. The molecule has 88 valence electrons. The zero-order chi connectivity index (χ0) is 11.4. The van der Waals surface area contributed by atoms with Gasteiger partial charge in [0.05, 0.1) is 4.88 Å². The highest BCUT2D eigenvalue weighted by molar-refractivity contribution is 9.09. The Morgan fingerprint density at radius 2 is 2.19 bits per heavy atom. The summed E-state index contributed by atoms with van der Waals surface area (Å²) in [5.41, 5.74) is 1.41. The molecule has 0 spiro atoms. The van der Waals surface area contributed by atoms with Gasteiger partial charge in [0.2, 0.25) is 0 Å². The van der Waals surface area contributed by atoms with Gasteiger partial charge in [-0.05, 0) is 37.3 Å². The third-order valence-corrected chi connectivity index (χ3v) is 4.48. The summed E-state index contributed by atoms with van der Waals surface area (Å²) in [6, 6.07) is 2.09. The fourth-order valence-corrected chi connectivity index (χ4v) is 3.40. The van der Waals surface area contributed by atoms with Gasteiger partial charge in [-0.25, -0.2) is 0 Å². The molecule has 0 fully saturated rings. The number of amides is 1. The van der Waals surface area contributed by atoms with Gasteiger partial charge in [-0.3, -0.25) is 4.79 Å². The van der Waals surface area contributed by atoms with Crippen molar-refractivity contribution < 1.29 is 4.79 Å². The predicted molar refractivity (Wildman–Crippen MR) is 71.7 cm³/mol. The number of halogens is 1. The first-order valence-electron chi connectivity index (χ1n) is 5.77. The van der Waals surface area contributed by atoms with Gasteiger partial charge in [0.25, 0.3) is 5.91 Å². The molecule has 16 heavy (non-hydrogen) atoms. The maximum atomic E-state index is 11.8. The van der Waals surface area contributed by atoms with E-state index in [1.54, 1.807) is 11.3 Å². The number of hydrogen-bond acceptors (Lipinski definition) is 2. The summed E-state index contributed by atoms with van der Waals surface area (Å²) in [4.78, 5) is 14.1. The van der Waals surface area contributed by atoms with Gasteiger partial charge in [-0.1, -0.05) is 22.4 Å². The maximum absolute atomic E-state index is 11.8. The van der Waals surface area contributed by atoms with Crippen molar-refractivity contribution in [1.82, 2.24) is 5.32 Å². The lowest BCUT2D eigenvalue weighted by molar-refractivity contribution is 0.0960. The van der Waals surface area contributed by atoms with Crippen LogP contribution in [0.4, 0.5) is 0 Å². The molecule has 1 aliphatic carbocycles. The Balaban J connectivity index is 2.08. The third kappa shape index (κ3) is 2.86. The van der Waals surface area contributed by atoms with Crippen molar-refractivity contribution in [3.8, 4) is 0 Å². The average Bonchev–Trinajstić information content (AvgIpc) is 2.58. The minimum Gasteiger partial charge on any atom is -0.351 e. The molecule has 2 nitrogen and oxygen atoms in total. The van der Waals surface area contributed by atoms with E-state index in [2.05, 4.69) is 27.3 Å². The average molecular weight is 302 g/mol. The van der Waals surface area contributed by atoms with E-state index in [1.807, 2.05) is 0 Å². The van der Waals surface area contributed by atoms with Crippen molar-refractivity contribution in [2.75, 3.05) is 11.9 Å². The van der Waals surface area contributed by atoms with Gasteiger partial charge in [-0.15, -0.1) is 11.3 Å². The Morgan fingerprint density at radius 3 is 3.00 bits per heavy atom. The molecule has 0 aliphatic heterocycles. The highest BCUT2D eigenvalue weighted by Crippen LogP contribution is 2.28. The molecule has 0 saturated carbocycles. The van der Waals surface area contributed by atoms with Crippen LogP contribution in [0.3, 0.4) is 0 Å². The zero-order valence-corrected chi connectivity index (χ0v) is 11.6. The first-order chi connectivity index (χ1) is 7.81. The molecular formula is C12H16BrNOS. The lowest BCUT2D eigenvalue weighted by atomic mass is 10.1. The zero-order valence-electron chi connectivity index (χ0n) is 9.22. The summed E-state index contributed by atoms with van der Waals surface area (Å²) >= 11 is 4.99. The largest absolute Gasteiger partial charge is 0.351 e. The van der Waals surface area contributed by atoms with Crippen LogP contribution < -0.4 is 5.32 Å². The van der Waals surface area contributed by atoms with Crippen molar-refractivity contribution in [2.45, 2.75) is 32.1 Å². The predicted octanol–water partition coefficient (Wildman–Crippen LogP) is 3.14. The van der Waals surface area contributed by atoms with Crippen LogP contribution in [0.2, 0.25) is 0 Å². The Morgan fingerprint density at radius 1 is 1.38 bits per heavy atom. The fraction of sp³-hybridized carbons (Fsp3) is 0.583. The number of fused-ring (bicyclic) bond motifs is 1. The SMILES string of the molecule is O=C(NCCBr)c1cc2c(s1)CCCCC2. The van der Waals surface area contributed by atoms with E-state index in [4.69, 9.17) is 0 Å². The second kappa shape index (κ2) is 5.82. The second-order valence-electron chi connectivity index (χ2n) is 4.06. The lowest BCUT2D eigenvalue weighted by Gasteiger charge is -1.99. The van der Waals surface area contributed by atoms with Gasteiger partial charge in [0.1, 0.15) is 0 Å². The van der Waals surface area contributed by atoms with Crippen LogP contribution in [0.1, 0.15) is 39.4 Å². The van der Waals surface area contributed by atoms with E-state index in [0.717, 1.165) is 23.0 Å². The van der Waals surface area contributed by atoms with Gasteiger partial charge in [0, 0.05) is 16.8 Å². The summed E-state index contributed by atoms with van der Waals surface area (Å²) in [7, 11) is 0. The van der Waals surface area contributed by atoms with Gasteiger partial charge in [0.15, 0.2) is 0 Å². The number of hydrogen-bond donors (Lipinski definition) is 1. The quantitative estimate of drug-likeness (QED) is 0.674. The van der Waals surface area contributed by atoms with E-state index >= 15 is 0 Å². The van der Waals surface area contributed by atoms with Crippen molar-refractivity contribution in [1.29, 1.82) is 0 Å². The Bertz CT molecular complexity index is 352. The molecule has 1 aromatic rings. The number of nitrogens with one attached hydrogen (secondary N) is 1. The molecule has 4 heteroatoms. The molecule has 0 radical (unpaired) electrons. The van der Waals surface area contributed by atoms with Crippen LogP contribution in [0.15, 0.2) is 6.07 Å². The van der Waals surface area contributed by atoms with Crippen LogP contribution in [0.5, 0.6) is 0 Å². The van der Waals surface area contributed by atoms with Gasteiger partial charge >= 0.3 is 0 Å². The molecule has 1 heterocycles. The molecular weight excluding hydrogens is 286 g/mol. The van der Waals surface area contributed by atoms with Gasteiger partial charge in [-0.2, -0.15) is 0 Å². The monoisotopic (exact) mass is 301 g/mol. The first kappa shape index (κ1) is 12.1. The van der Waals surface area contributed by atoms with E-state index in [-0.39, 0.29) is 5.91 Å². The van der Waals surface area contributed by atoms with E-state index in [9.17, 15) is 4.79 Å². The molecule has 2 rings (SSSR count). The number of thiophene rings is 1.